The molecule has 116 valence electrons. The maximum absolute atomic E-state index is 12.8. The van der Waals surface area contributed by atoms with Crippen LogP contribution in [0.5, 0.6) is 0 Å². The molecule has 0 aromatic heterocycles. The standard InChI is InChI=1S/C17H24O4/c18-13-3-1-2-4-14(13)21-15(19)16-6-11-5-12(7-16)9-17(20,8-11)10-16/h11-12,14,20H,1-10H2/t11-,12+,14-,16?,17?/m0/s1. The summed E-state index contributed by atoms with van der Waals surface area (Å²) in [6, 6.07) is 0. The molecule has 0 aromatic rings. The van der Waals surface area contributed by atoms with Crippen LogP contribution >= 0.6 is 0 Å². The number of carbonyl (C=O) groups excluding carboxylic acids is 2. The minimum absolute atomic E-state index is 0.0815. The Balaban J connectivity index is 1.52. The smallest absolute Gasteiger partial charge is 0.312 e. The zero-order valence-electron chi connectivity index (χ0n) is 12.5. The van der Waals surface area contributed by atoms with Crippen molar-refractivity contribution in [3.05, 3.63) is 0 Å². The summed E-state index contributed by atoms with van der Waals surface area (Å²) in [6.45, 7) is 0. The summed E-state index contributed by atoms with van der Waals surface area (Å²) in [7, 11) is 0. The van der Waals surface area contributed by atoms with Crippen LogP contribution in [0, 0.1) is 17.3 Å². The lowest BCUT2D eigenvalue weighted by atomic mass is 9.48. The van der Waals surface area contributed by atoms with Crippen LogP contribution in [0.4, 0.5) is 0 Å². The van der Waals surface area contributed by atoms with E-state index in [4.69, 9.17) is 4.74 Å². The summed E-state index contributed by atoms with van der Waals surface area (Å²) in [5.41, 5.74) is -1.16. The van der Waals surface area contributed by atoms with Crippen molar-refractivity contribution in [3.63, 3.8) is 0 Å². The molecule has 0 aromatic carbocycles. The molecule has 5 aliphatic rings. The fourth-order valence-corrected chi connectivity index (χ4v) is 5.78. The zero-order valence-corrected chi connectivity index (χ0v) is 12.5. The lowest BCUT2D eigenvalue weighted by Crippen LogP contribution is -2.59. The van der Waals surface area contributed by atoms with Crippen LogP contribution in [0.3, 0.4) is 0 Å². The van der Waals surface area contributed by atoms with Crippen LogP contribution < -0.4 is 0 Å². The molecule has 0 heterocycles. The Morgan fingerprint density at radius 3 is 2.48 bits per heavy atom. The maximum Gasteiger partial charge on any atom is 0.312 e. The van der Waals surface area contributed by atoms with E-state index < -0.39 is 17.1 Å². The number of ether oxygens (including phenoxy) is 1. The first-order valence-electron chi connectivity index (χ1n) is 8.44. The van der Waals surface area contributed by atoms with Crippen molar-refractivity contribution in [1.29, 1.82) is 0 Å². The molecule has 0 saturated heterocycles. The molecule has 5 aliphatic carbocycles. The molecule has 0 aliphatic heterocycles. The largest absolute Gasteiger partial charge is 0.454 e. The molecule has 5 atom stereocenters. The Labute approximate surface area is 125 Å². The van der Waals surface area contributed by atoms with Gasteiger partial charge in [0.1, 0.15) is 0 Å². The predicted molar refractivity (Wildman–Crippen MR) is 75.4 cm³/mol. The number of aliphatic hydroxyl groups is 1. The van der Waals surface area contributed by atoms with Gasteiger partial charge in [-0.25, -0.2) is 0 Å². The highest BCUT2D eigenvalue weighted by Gasteiger charge is 2.61. The molecule has 5 saturated carbocycles. The van der Waals surface area contributed by atoms with E-state index in [0.717, 1.165) is 44.9 Å². The third-order valence-electron chi connectivity index (χ3n) is 6.21. The number of Topliss-reactive ketones (excluding diaryl/α,β-unsaturated/α-hetero) is 1. The van der Waals surface area contributed by atoms with Crippen molar-refractivity contribution in [2.24, 2.45) is 17.3 Å². The third kappa shape index (κ3) is 2.23. The SMILES string of the molecule is O=C1CCCC[C@@H]1OC(=O)C12C[C@@H]3C[C@@H](CC(O)(C3)C1)C2. The number of esters is 1. The summed E-state index contributed by atoms with van der Waals surface area (Å²) in [5, 5.41) is 10.7. The summed E-state index contributed by atoms with van der Waals surface area (Å²) >= 11 is 0. The first kappa shape index (κ1) is 13.7. The second-order valence-corrected chi connectivity index (χ2v) is 8.07. The molecule has 0 spiro atoms. The van der Waals surface area contributed by atoms with Gasteiger partial charge in [0.2, 0.25) is 0 Å². The quantitative estimate of drug-likeness (QED) is 0.794. The average Bonchev–Trinajstić information content (AvgIpc) is 2.38. The summed E-state index contributed by atoms with van der Waals surface area (Å²) in [4.78, 5) is 24.7. The molecule has 5 fully saturated rings. The van der Waals surface area contributed by atoms with Crippen LogP contribution in [0.1, 0.15) is 64.2 Å². The molecule has 0 radical (unpaired) electrons. The van der Waals surface area contributed by atoms with Crippen LogP contribution in [0.15, 0.2) is 0 Å². The Hall–Kier alpha value is -0.900. The van der Waals surface area contributed by atoms with Gasteiger partial charge in [0.15, 0.2) is 11.9 Å². The van der Waals surface area contributed by atoms with Crippen LogP contribution in [0.2, 0.25) is 0 Å². The zero-order chi connectivity index (χ0) is 14.7. The fourth-order valence-electron chi connectivity index (χ4n) is 5.78. The summed E-state index contributed by atoms with van der Waals surface area (Å²) in [5.74, 6) is 0.810. The minimum Gasteiger partial charge on any atom is -0.454 e. The monoisotopic (exact) mass is 292 g/mol. The van der Waals surface area contributed by atoms with Crippen molar-refractivity contribution in [1.82, 2.24) is 0 Å². The van der Waals surface area contributed by atoms with E-state index >= 15 is 0 Å². The third-order valence-corrected chi connectivity index (χ3v) is 6.21. The van der Waals surface area contributed by atoms with Gasteiger partial charge in [-0.15, -0.1) is 0 Å². The van der Waals surface area contributed by atoms with Gasteiger partial charge >= 0.3 is 5.97 Å². The van der Waals surface area contributed by atoms with Gasteiger partial charge < -0.3 is 9.84 Å². The van der Waals surface area contributed by atoms with Crippen LogP contribution in [-0.4, -0.2) is 28.6 Å². The van der Waals surface area contributed by atoms with Crippen LogP contribution in [-0.2, 0) is 14.3 Å². The highest BCUT2D eigenvalue weighted by Crippen LogP contribution is 2.62. The lowest BCUT2D eigenvalue weighted by Gasteiger charge is -2.58. The van der Waals surface area contributed by atoms with E-state index in [2.05, 4.69) is 0 Å². The maximum atomic E-state index is 12.8. The molecule has 4 bridgehead atoms. The number of hydrogen-bond donors (Lipinski definition) is 1. The first-order chi connectivity index (χ1) is 9.98. The van der Waals surface area contributed by atoms with E-state index in [1.54, 1.807) is 0 Å². The second kappa shape index (κ2) is 4.55. The normalized spacial score (nSPS) is 48.4. The molecule has 2 unspecified atom stereocenters. The summed E-state index contributed by atoms with van der Waals surface area (Å²) < 4.78 is 5.63. The second-order valence-electron chi connectivity index (χ2n) is 8.07. The van der Waals surface area contributed by atoms with Crippen molar-refractivity contribution in [2.45, 2.75) is 75.9 Å². The fraction of sp³-hybridized carbons (Fsp3) is 0.882. The van der Waals surface area contributed by atoms with Gasteiger partial charge in [0.05, 0.1) is 11.0 Å². The van der Waals surface area contributed by atoms with E-state index in [9.17, 15) is 14.7 Å². The first-order valence-corrected chi connectivity index (χ1v) is 8.44. The van der Waals surface area contributed by atoms with Crippen molar-refractivity contribution in [3.8, 4) is 0 Å². The Kier molecular flexibility index (Phi) is 2.97. The summed E-state index contributed by atoms with van der Waals surface area (Å²) in [6.07, 6.45) is 7.69. The number of ketones is 1. The Morgan fingerprint density at radius 1 is 1.14 bits per heavy atom. The molecule has 1 N–H and O–H groups in total. The van der Waals surface area contributed by atoms with Gasteiger partial charge in [-0.1, -0.05) is 0 Å². The predicted octanol–water partition coefficient (Wildman–Crippen LogP) is 2.37. The van der Waals surface area contributed by atoms with E-state index in [-0.39, 0.29) is 11.8 Å². The van der Waals surface area contributed by atoms with Gasteiger partial charge in [0, 0.05) is 6.42 Å². The van der Waals surface area contributed by atoms with Gasteiger partial charge in [-0.05, 0) is 69.6 Å². The molecule has 4 nitrogen and oxygen atoms in total. The highest BCUT2D eigenvalue weighted by molar-refractivity contribution is 5.87. The number of hydrogen-bond acceptors (Lipinski definition) is 4. The van der Waals surface area contributed by atoms with E-state index in [1.807, 2.05) is 0 Å². The molecular weight excluding hydrogens is 268 g/mol. The van der Waals surface area contributed by atoms with Crippen molar-refractivity contribution >= 4 is 11.8 Å². The minimum atomic E-state index is -0.653. The van der Waals surface area contributed by atoms with Gasteiger partial charge in [-0.2, -0.15) is 0 Å². The van der Waals surface area contributed by atoms with Crippen molar-refractivity contribution in [2.75, 3.05) is 0 Å². The highest BCUT2D eigenvalue weighted by atomic mass is 16.5. The number of rotatable bonds is 2. The molecule has 21 heavy (non-hydrogen) atoms. The molecule has 0 amide bonds. The van der Waals surface area contributed by atoms with Crippen LogP contribution in [0.25, 0.3) is 0 Å². The Bertz CT molecular complexity index is 469. The molecular formula is C17H24O4. The van der Waals surface area contributed by atoms with Gasteiger partial charge in [-0.3, -0.25) is 9.59 Å². The topological polar surface area (TPSA) is 63.6 Å². The molecule has 4 heteroatoms. The molecule has 5 rings (SSSR count). The average molecular weight is 292 g/mol. The Morgan fingerprint density at radius 2 is 1.86 bits per heavy atom. The lowest BCUT2D eigenvalue weighted by molar-refractivity contribution is -0.201. The van der Waals surface area contributed by atoms with Gasteiger partial charge in [0.25, 0.3) is 0 Å². The number of carbonyl (C=O) groups is 2. The van der Waals surface area contributed by atoms with E-state index in [1.165, 1.54) is 0 Å². The van der Waals surface area contributed by atoms with Crippen molar-refractivity contribution < 1.29 is 19.4 Å². The van der Waals surface area contributed by atoms with E-state index in [0.29, 0.717) is 31.1 Å².